The van der Waals surface area contributed by atoms with Crippen molar-refractivity contribution in [2.24, 2.45) is 0 Å². The molecule has 4 heteroatoms. The Kier molecular flexibility index (Phi) is 5.90. The summed E-state index contributed by atoms with van der Waals surface area (Å²) in [5, 5.41) is 4.62. The van der Waals surface area contributed by atoms with Gasteiger partial charge in [-0.2, -0.15) is 0 Å². The van der Waals surface area contributed by atoms with Crippen LogP contribution in [0.3, 0.4) is 0 Å². The molecule has 19 heavy (non-hydrogen) atoms. The largest absolute Gasteiger partial charge is 0.385 e. The minimum Gasteiger partial charge on any atom is -0.385 e. The van der Waals surface area contributed by atoms with Crippen LogP contribution in [0.15, 0.2) is 53.4 Å². The van der Waals surface area contributed by atoms with E-state index in [-0.39, 0.29) is 0 Å². The third-order valence-electron chi connectivity index (χ3n) is 2.58. The SMILES string of the molecule is Clc1ccc(SCCCNc2ccccc2)cc1Cl. The first-order valence-corrected chi connectivity index (χ1v) is 7.86. The number of rotatable bonds is 6. The lowest BCUT2D eigenvalue weighted by Crippen LogP contribution is -2.02. The lowest BCUT2D eigenvalue weighted by atomic mass is 10.3. The first kappa shape index (κ1) is 14.6. The van der Waals surface area contributed by atoms with Gasteiger partial charge in [0.25, 0.3) is 0 Å². The Morgan fingerprint density at radius 3 is 2.47 bits per heavy atom. The molecule has 0 bridgehead atoms. The zero-order valence-corrected chi connectivity index (χ0v) is 12.7. The topological polar surface area (TPSA) is 12.0 Å². The van der Waals surface area contributed by atoms with E-state index >= 15 is 0 Å². The summed E-state index contributed by atoms with van der Waals surface area (Å²) in [6, 6.07) is 16.0. The molecule has 1 nitrogen and oxygen atoms in total. The van der Waals surface area contributed by atoms with E-state index in [1.54, 1.807) is 11.8 Å². The van der Waals surface area contributed by atoms with Crippen molar-refractivity contribution in [3.63, 3.8) is 0 Å². The van der Waals surface area contributed by atoms with Crippen LogP contribution in [-0.2, 0) is 0 Å². The van der Waals surface area contributed by atoms with Crippen LogP contribution in [0, 0.1) is 0 Å². The van der Waals surface area contributed by atoms with E-state index < -0.39 is 0 Å². The molecule has 100 valence electrons. The van der Waals surface area contributed by atoms with Crippen molar-refractivity contribution < 1.29 is 0 Å². The summed E-state index contributed by atoms with van der Waals surface area (Å²) in [5.74, 6) is 1.05. The van der Waals surface area contributed by atoms with E-state index in [9.17, 15) is 0 Å². The van der Waals surface area contributed by atoms with E-state index in [1.807, 2.05) is 36.4 Å². The third kappa shape index (κ3) is 4.98. The quantitative estimate of drug-likeness (QED) is 0.551. The Morgan fingerprint density at radius 1 is 0.947 bits per heavy atom. The zero-order chi connectivity index (χ0) is 13.5. The number of nitrogens with one attached hydrogen (secondary N) is 1. The Bertz CT molecular complexity index is 517. The van der Waals surface area contributed by atoms with Crippen LogP contribution in [0.2, 0.25) is 10.0 Å². The maximum absolute atomic E-state index is 5.98. The lowest BCUT2D eigenvalue weighted by Gasteiger charge is -2.06. The molecule has 0 radical (unpaired) electrons. The second kappa shape index (κ2) is 7.68. The van der Waals surface area contributed by atoms with E-state index in [4.69, 9.17) is 23.2 Å². The summed E-state index contributed by atoms with van der Waals surface area (Å²) in [4.78, 5) is 1.16. The number of halogens is 2. The number of benzene rings is 2. The molecular weight excluding hydrogens is 297 g/mol. The van der Waals surface area contributed by atoms with Crippen molar-refractivity contribution in [1.29, 1.82) is 0 Å². The second-order valence-electron chi connectivity index (χ2n) is 4.07. The van der Waals surface area contributed by atoms with Gasteiger partial charge in [-0.15, -0.1) is 11.8 Å². The first-order valence-electron chi connectivity index (χ1n) is 6.12. The van der Waals surface area contributed by atoms with Crippen molar-refractivity contribution in [2.75, 3.05) is 17.6 Å². The molecule has 0 aliphatic heterocycles. The van der Waals surface area contributed by atoms with Crippen molar-refractivity contribution >= 4 is 40.7 Å². The Balaban J connectivity index is 1.68. The summed E-state index contributed by atoms with van der Waals surface area (Å²) >= 11 is 13.7. The Morgan fingerprint density at radius 2 is 1.74 bits per heavy atom. The minimum atomic E-state index is 0.608. The highest BCUT2D eigenvalue weighted by molar-refractivity contribution is 7.99. The highest BCUT2D eigenvalue weighted by atomic mass is 35.5. The molecule has 0 heterocycles. The predicted octanol–water partition coefficient (Wildman–Crippen LogP) is 5.59. The summed E-state index contributed by atoms with van der Waals surface area (Å²) < 4.78 is 0. The second-order valence-corrected chi connectivity index (χ2v) is 6.05. The fraction of sp³-hybridized carbons (Fsp3) is 0.200. The molecule has 2 aromatic rings. The molecule has 1 N–H and O–H groups in total. The highest BCUT2D eigenvalue weighted by Crippen LogP contribution is 2.28. The normalized spacial score (nSPS) is 10.4. The Hall–Kier alpha value is -0.830. The van der Waals surface area contributed by atoms with Crippen LogP contribution in [0.4, 0.5) is 5.69 Å². The van der Waals surface area contributed by atoms with E-state index in [0.717, 1.165) is 23.6 Å². The van der Waals surface area contributed by atoms with Gasteiger partial charge in [0.05, 0.1) is 10.0 Å². The zero-order valence-electron chi connectivity index (χ0n) is 10.4. The monoisotopic (exact) mass is 311 g/mol. The van der Waals surface area contributed by atoms with Gasteiger partial charge in [0.1, 0.15) is 0 Å². The van der Waals surface area contributed by atoms with Crippen LogP contribution in [0.25, 0.3) is 0 Å². The summed E-state index contributed by atoms with van der Waals surface area (Å²) in [6.45, 7) is 0.971. The van der Waals surface area contributed by atoms with Crippen molar-refractivity contribution in [3.8, 4) is 0 Å². The fourth-order valence-corrected chi connectivity index (χ4v) is 2.87. The van der Waals surface area contributed by atoms with Crippen LogP contribution < -0.4 is 5.32 Å². The van der Waals surface area contributed by atoms with Gasteiger partial charge in [0.15, 0.2) is 0 Å². The van der Waals surface area contributed by atoms with Crippen LogP contribution >= 0.6 is 35.0 Å². The molecule has 0 aromatic heterocycles. The van der Waals surface area contributed by atoms with Gasteiger partial charge < -0.3 is 5.32 Å². The lowest BCUT2D eigenvalue weighted by molar-refractivity contribution is 0.991. The van der Waals surface area contributed by atoms with Gasteiger partial charge >= 0.3 is 0 Å². The van der Waals surface area contributed by atoms with Gasteiger partial charge in [-0.05, 0) is 42.5 Å². The molecule has 0 fully saturated rings. The molecule has 0 atom stereocenters. The molecule has 0 saturated carbocycles. The van der Waals surface area contributed by atoms with E-state index in [1.165, 1.54) is 5.69 Å². The first-order chi connectivity index (χ1) is 9.25. The fourth-order valence-electron chi connectivity index (χ4n) is 1.62. The predicted molar refractivity (Wildman–Crippen MR) is 86.7 cm³/mol. The molecule has 2 aromatic carbocycles. The highest BCUT2D eigenvalue weighted by Gasteiger charge is 2.00. The van der Waals surface area contributed by atoms with Crippen LogP contribution in [0.1, 0.15) is 6.42 Å². The van der Waals surface area contributed by atoms with Gasteiger partial charge in [-0.3, -0.25) is 0 Å². The average molecular weight is 312 g/mol. The van der Waals surface area contributed by atoms with Crippen molar-refractivity contribution in [1.82, 2.24) is 0 Å². The summed E-state index contributed by atoms with van der Waals surface area (Å²) in [5.41, 5.74) is 1.17. The van der Waals surface area contributed by atoms with Gasteiger partial charge in [-0.25, -0.2) is 0 Å². The van der Waals surface area contributed by atoms with Gasteiger partial charge in [-0.1, -0.05) is 41.4 Å². The van der Waals surface area contributed by atoms with E-state index in [0.29, 0.717) is 10.0 Å². The number of anilines is 1. The van der Waals surface area contributed by atoms with Gasteiger partial charge in [0.2, 0.25) is 0 Å². The van der Waals surface area contributed by atoms with E-state index in [2.05, 4.69) is 17.4 Å². The molecule has 0 saturated heterocycles. The molecule has 0 unspecified atom stereocenters. The number of hydrogen-bond donors (Lipinski definition) is 1. The van der Waals surface area contributed by atoms with Crippen LogP contribution in [-0.4, -0.2) is 12.3 Å². The molecule has 0 spiro atoms. The number of hydrogen-bond acceptors (Lipinski definition) is 2. The number of thioether (sulfide) groups is 1. The molecule has 0 amide bonds. The Labute approximate surface area is 128 Å². The van der Waals surface area contributed by atoms with Crippen molar-refractivity contribution in [3.05, 3.63) is 58.6 Å². The average Bonchev–Trinajstić information content (AvgIpc) is 2.43. The molecule has 0 aliphatic rings. The smallest absolute Gasteiger partial charge is 0.0603 e. The molecular formula is C15H15Cl2NS. The third-order valence-corrected chi connectivity index (χ3v) is 4.40. The summed E-state index contributed by atoms with van der Waals surface area (Å²) in [7, 11) is 0. The molecule has 2 rings (SSSR count). The van der Waals surface area contributed by atoms with Crippen molar-refractivity contribution in [2.45, 2.75) is 11.3 Å². The molecule has 0 aliphatic carbocycles. The standard InChI is InChI=1S/C15H15Cl2NS/c16-14-8-7-13(11-15(14)17)19-10-4-9-18-12-5-2-1-3-6-12/h1-3,5-8,11,18H,4,9-10H2. The van der Waals surface area contributed by atoms with Crippen LogP contribution in [0.5, 0.6) is 0 Å². The maximum atomic E-state index is 5.98. The maximum Gasteiger partial charge on any atom is 0.0603 e. The van der Waals surface area contributed by atoms with Gasteiger partial charge in [0, 0.05) is 17.1 Å². The number of para-hydroxylation sites is 1. The minimum absolute atomic E-state index is 0.608. The summed E-state index contributed by atoms with van der Waals surface area (Å²) in [6.07, 6.45) is 1.10.